The lowest BCUT2D eigenvalue weighted by molar-refractivity contribution is -0.111. The SMILES string of the molecule is COC(=O)c1ccc(NC(=O)C=Cc2cccc(Cl)c2)cc1. The average Bonchev–Trinajstić information content (AvgIpc) is 2.53. The van der Waals surface area contributed by atoms with Gasteiger partial charge in [0.2, 0.25) is 5.91 Å². The highest BCUT2D eigenvalue weighted by Gasteiger charge is 2.05. The number of nitrogens with one attached hydrogen (secondary N) is 1. The van der Waals surface area contributed by atoms with E-state index in [1.807, 2.05) is 12.1 Å². The second-order valence-corrected chi connectivity index (χ2v) is 4.88. The number of benzene rings is 2. The van der Waals surface area contributed by atoms with Crippen molar-refractivity contribution in [1.82, 2.24) is 0 Å². The minimum absolute atomic E-state index is 0.272. The highest BCUT2D eigenvalue weighted by atomic mass is 35.5. The van der Waals surface area contributed by atoms with Gasteiger partial charge in [-0.2, -0.15) is 0 Å². The van der Waals surface area contributed by atoms with Crippen LogP contribution in [0.2, 0.25) is 5.02 Å². The topological polar surface area (TPSA) is 55.4 Å². The van der Waals surface area contributed by atoms with E-state index in [0.29, 0.717) is 16.3 Å². The number of esters is 1. The lowest BCUT2D eigenvalue weighted by Gasteiger charge is -2.03. The molecule has 0 heterocycles. The molecule has 0 aliphatic rings. The van der Waals surface area contributed by atoms with Gasteiger partial charge in [0.1, 0.15) is 0 Å². The Kier molecular flexibility index (Phi) is 5.33. The summed E-state index contributed by atoms with van der Waals surface area (Å²) >= 11 is 5.87. The first-order valence-corrected chi connectivity index (χ1v) is 6.89. The van der Waals surface area contributed by atoms with Crippen LogP contribution in [0.25, 0.3) is 6.08 Å². The molecule has 2 aromatic carbocycles. The first kappa shape index (κ1) is 15.8. The van der Waals surface area contributed by atoms with Crippen LogP contribution >= 0.6 is 11.6 Å². The molecule has 5 heteroatoms. The minimum atomic E-state index is -0.418. The highest BCUT2D eigenvalue weighted by Crippen LogP contribution is 2.13. The number of hydrogen-bond donors (Lipinski definition) is 1. The van der Waals surface area contributed by atoms with Gasteiger partial charge in [-0.1, -0.05) is 23.7 Å². The van der Waals surface area contributed by atoms with Crippen molar-refractivity contribution in [1.29, 1.82) is 0 Å². The predicted octanol–water partition coefficient (Wildman–Crippen LogP) is 3.78. The number of hydrogen-bond acceptors (Lipinski definition) is 3. The van der Waals surface area contributed by atoms with Crippen LogP contribution in [0.15, 0.2) is 54.6 Å². The van der Waals surface area contributed by atoms with E-state index in [2.05, 4.69) is 10.1 Å². The molecule has 0 spiro atoms. The fourth-order valence-corrected chi connectivity index (χ4v) is 1.97. The van der Waals surface area contributed by atoms with E-state index in [9.17, 15) is 9.59 Å². The molecular weight excluding hydrogens is 302 g/mol. The number of methoxy groups -OCH3 is 1. The van der Waals surface area contributed by atoms with Crippen LogP contribution < -0.4 is 5.32 Å². The zero-order chi connectivity index (χ0) is 15.9. The van der Waals surface area contributed by atoms with Gasteiger partial charge in [-0.25, -0.2) is 4.79 Å². The van der Waals surface area contributed by atoms with Crippen molar-refractivity contribution in [2.75, 3.05) is 12.4 Å². The normalized spacial score (nSPS) is 10.5. The van der Waals surface area contributed by atoms with Gasteiger partial charge >= 0.3 is 5.97 Å². The molecule has 0 radical (unpaired) electrons. The summed E-state index contributed by atoms with van der Waals surface area (Å²) in [6.07, 6.45) is 3.09. The van der Waals surface area contributed by atoms with E-state index in [4.69, 9.17) is 11.6 Å². The van der Waals surface area contributed by atoms with Gasteiger partial charge in [-0.15, -0.1) is 0 Å². The quantitative estimate of drug-likeness (QED) is 0.690. The maximum Gasteiger partial charge on any atom is 0.337 e. The number of carbonyl (C=O) groups excluding carboxylic acids is 2. The van der Waals surface area contributed by atoms with E-state index in [1.54, 1.807) is 42.5 Å². The summed E-state index contributed by atoms with van der Waals surface area (Å²) in [5.41, 5.74) is 1.85. The molecule has 0 saturated heterocycles. The van der Waals surface area contributed by atoms with E-state index in [0.717, 1.165) is 5.56 Å². The number of ether oxygens (including phenoxy) is 1. The molecule has 0 saturated carbocycles. The first-order valence-electron chi connectivity index (χ1n) is 6.51. The van der Waals surface area contributed by atoms with Crippen molar-refractivity contribution < 1.29 is 14.3 Å². The van der Waals surface area contributed by atoms with Crippen LogP contribution in [-0.2, 0) is 9.53 Å². The third-order valence-corrected chi connectivity index (χ3v) is 3.08. The number of halogens is 1. The average molecular weight is 316 g/mol. The second kappa shape index (κ2) is 7.43. The maximum atomic E-state index is 11.8. The summed E-state index contributed by atoms with van der Waals surface area (Å²) in [6, 6.07) is 13.6. The van der Waals surface area contributed by atoms with Crippen molar-refractivity contribution in [2.45, 2.75) is 0 Å². The Morgan fingerprint density at radius 2 is 1.86 bits per heavy atom. The summed E-state index contributed by atoms with van der Waals surface area (Å²) in [4.78, 5) is 23.1. The highest BCUT2D eigenvalue weighted by molar-refractivity contribution is 6.30. The molecule has 1 N–H and O–H groups in total. The van der Waals surface area contributed by atoms with E-state index in [1.165, 1.54) is 13.2 Å². The zero-order valence-corrected chi connectivity index (χ0v) is 12.6. The molecule has 2 rings (SSSR count). The molecule has 0 aliphatic carbocycles. The second-order valence-electron chi connectivity index (χ2n) is 4.45. The standard InChI is InChI=1S/C17H14ClNO3/c1-22-17(21)13-6-8-15(9-7-13)19-16(20)10-5-12-3-2-4-14(18)11-12/h2-11H,1H3,(H,19,20). The van der Waals surface area contributed by atoms with Crippen LogP contribution in [0.3, 0.4) is 0 Å². The maximum absolute atomic E-state index is 11.8. The van der Waals surface area contributed by atoms with Gasteiger partial charge in [0, 0.05) is 16.8 Å². The zero-order valence-electron chi connectivity index (χ0n) is 11.9. The summed E-state index contributed by atoms with van der Waals surface area (Å²) < 4.78 is 4.61. The Morgan fingerprint density at radius 3 is 2.50 bits per heavy atom. The van der Waals surface area contributed by atoms with Gasteiger partial charge in [0.25, 0.3) is 0 Å². The van der Waals surface area contributed by atoms with Gasteiger partial charge in [-0.05, 0) is 48.0 Å². The molecule has 0 fully saturated rings. The molecule has 0 atom stereocenters. The first-order chi connectivity index (χ1) is 10.6. The summed E-state index contributed by atoms with van der Waals surface area (Å²) in [7, 11) is 1.32. The third-order valence-electron chi connectivity index (χ3n) is 2.85. The van der Waals surface area contributed by atoms with Crippen LogP contribution in [0, 0.1) is 0 Å². The Labute approximate surface area is 133 Å². The molecule has 22 heavy (non-hydrogen) atoms. The Morgan fingerprint density at radius 1 is 1.14 bits per heavy atom. The Balaban J connectivity index is 1.98. The molecule has 2 aromatic rings. The van der Waals surface area contributed by atoms with Crippen LogP contribution in [0.5, 0.6) is 0 Å². The van der Waals surface area contributed by atoms with Gasteiger partial charge in [0.05, 0.1) is 12.7 Å². The number of rotatable bonds is 4. The molecule has 0 unspecified atom stereocenters. The molecule has 0 aromatic heterocycles. The largest absolute Gasteiger partial charge is 0.465 e. The molecule has 0 bridgehead atoms. The van der Waals surface area contributed by atoms with E-state index >= 15 is 0 Å². The number of anilines is 1. The molecule has 0 aliphatic heterocycles. The van der Waals surface area contributed by atoms with Crippen LogP contribution in [-0.4, -0.2) is 19.0 Å². The monoisotopic (exact) mass is 315 g/mol. The minimum Gasteiger partial charge on any atom is -0.465 e. The third kappa shape index (κ3) is 4.46. The van der Waals surface area contributed by atoms with Crippen molar-refractivity contribution >= 4 is 35.2 Å². The van der Waals surface area contributed by atoms with Crippen LogP contribution in [0.4, 0.5) is 5.69 Å². The lowest BCUT2D eigenvalue weighted by Crippen LogP contribution is -2.08. The lowest BCUT2D eigenvalue weighted by atomic mass is 10.2. The number of carbonyl (C=O) groups is 2. The number of amides is 1. The summed E-state index contributed by atoms with van der Waals surface area (Å²) in [5, 5.41) is 3.31. The van der Waals surface area contributed by atoms with Gasteiger partial charge < -0.3 is 10.1 Å². The predicted molar refractivity (Wildman–Crippen MR) is 86.9 cm³/mol. The van der Waals surface area contributed by atoms with Crippen LogP contribution in [0.1, 0.15) is 15.9 Å². The molecule has 112 valence electrons. The summed E-state index contributed by atoms with van der Waals surface area (Å²) in [5.74, 6) is -0.690. The van der Waals surface area contributed by atoms with Crippen molar-refractivity contribution in [3.63, 3.8) is 0 Å². The van der Waals surface area contributed by atoms with Crippen molar-refractivity contribution in [3.8, 4) is 0 Å². The van der Waals surface area contributed by atoms with E-state index < -0.39 is 5.97 Å². The Bertz CT molecular complexity index is 708. The van der Waals surface area contributed by atoms with Gasteiger partial charge in [0.15, 0.2) is 0 Å². The molecule has 4 nitrogen and oxygen atoms in total. The molecule has 1 amide bonds. The van der Waals surface area contributed by atoms with Gasteiger partial charge in [-0.3, -0.25) is 4.79 Å². The molecular formula is C17H14ClNO3. The smallest absolute Gasteiger partial charge is 0.337 e. The summed E-state index contributed by atoms with van der Waals surface area (Å²) in [6.45, 7) is 0. The Hall–Kier alpha value is -2.59. The fraction of sp³-hybridized carbons (Fsp3) is 0.0588. The van der Waals surface area contributed by atoms with Crippen molar-refractivity contribution in [2.24, 2.45) is 0 Å². The van der Waals surface area contributed by atoms with Crippen molar-refractivity contribution in [3.05, 3.63) is 70.8 Å². The van der Waals surface area contributed by atoms with E-state index in [-0.39, 0.29) is 5.91 Å². The fourth-order valence-electron chi connectivity index (χ4n) is 1.77.